The summed E-state index contributed by atoms with van der Waals surface area (Å²) in [4.78, 5) is 6.65. The van der Waals surface area contributed by atoms with Crippen molar-refractivity contribution in [2.45, 2.75) is 31.0 Å². The van der Waals surface area contributed by atoms with Gasteiger partial charge in [-0.25, -0.2) is 0 Å². The lowest BCUT2D eigenvalue weighted by Gasteiger charge is -2.26. The number of aromatic hydroxyl groups is 1. The first-order valence-electron chi connectivity index (χ1n) is 9.32. The predicted octanol–water partition coefficient (Wildman–Crippen LogP) is 2.14. The van der Waals surface area contributed by atoms with Crippen molar-refractivity contribution < 1.29 is 15.3 Å². The van der Waals surface area contributed by atoms with E-state index in [0.717, 1.165) is 37.2 Å². The molecule has 1 aromatic heterocycles. The Balaban J connectivity index is 1.32. The minimum atomic E-state index is -0.647. The Kier molecular flexibility index (Phi) is 4.69. The number of aromatic nitrogens is 1. The summed E-state index contributed by atoms with van der Waals surface area (Å²) < 4.78 is 0. The van der Waals surface area contributed by atoms with Crippen molar-refractivity contribution in [3.05, 3.63) is 59.9 Å². The van der Waals surface area contributed by atoms with E-state index in [1.807, 2.05) is 18.2 Å². The van der Waals surface area contributed by atoms with Crippen LogP contribution in [0.2, 0.25) is 0 Å². The molecule has 2 aliphatic rings. The highest BCUT2D eigenvalue weighted by Gasteiger charge is 2.48. The van der Waals surface area contributed by atoms with E-state index >= 15 is 0 Å². The fourth-order valence-electron chi connectivity index (χ4n) is 4.74. The third-order valence-corrected chi connectivity index (χ3v) is 5.88. The number of nitrogens with zero attached hydrogens (tertiary/aromatic N) is 2. The van der Waals surface area contributed by atoms with Gasteiger partial charge in [0.05, 0.1) is 11.7 Å². The lowest BCUT2D eigenvalue weighted by atomic mass is 9.93. The zero-order chi connectivity index (χ0) is 18.1. The Hall–Kier alpha value is -1.95. The van der Waals surface area contributed by atoms with E-state index in [1.54, 1.807) is 30.5 Å². The van der Waals surface area contributed by atoms with Crippen LogP contribution in [0.15, 0.2) is 48.7 Å². The lowest BCUT2D eigenvalue weighted by Crippen LogP contribution is -2.33. The summed E-state index contributed by atoms with van der Waals surface area (Å²) in [5.74, 6) is 1.18. The Labute approximate surface area is 153 Å². The van der Waals surface area contributed by atoms with Gasteiger partial charge in [0.15, 0.2) is 0 Å². The number of likely N-dealkylation sites (tertiary alicyclic amines) is 1. The highest BCUT2D eigenvalue weighted by Crippen LogP contribution is 2.45. The molecule has 1 aliphatic heterocycles. The fourth-order valence-corrected chi connectivity index (χ4v) is 4.74. The summed E-state index contributed by atoms with van der Waals surface area (Å²) in [6, 6.07) is 12.6. The van der Waals surface area contributed by atoms with Gasteiger partial charge in [-0.05, 0) is 54.5 Å². The summed E-state index contributed by atoms with van der Waals surface area (Å²) >= 11 is 0. The smallest absolute Gasteiger partial charge is 0.115 e. The first kappa shape index (κ1) is 17.5. The Morgan fingerprint density at radius 1 is 1.08 bits per heavy atom. The number of hydrogen-bond donors (Lipinski definition) is 3. The van der Waals surface area contributed by atoms with Crippen molar-refractivity contribution in [1.29, 1.82) is 0 Å². The van der Waals surface area contributed by atoms with Gasteiger partial charge in [0.2, 0.25) is 0 Å². The van der Waals surface area contributed by atoms with Crippen molar-refractivity contribution in [3.63, 3.8) is 0 Å². The van der Waals surface area contributed by atoms with Crippen LogP contribution in [0, 0.1) is 11.8 Å². The molecule has 138 valence electrons. The monoisotopic (exact) mass is 354 g/mol. The predicted molar refractivity (Wildman–Crippen MR) is 98.6 cm³/mol. The van der Waals surface area contributed by atoms with Crippen LogP contribution < -0.4 is 0 Å². The molecule has 2 heterocycles. The number of rotatable bonds is 5. The SMILES string of the molecule is Oc1ccc(C(O)CN2C[C@@H]3CC(O)(Cc4ccccn4)C[C@@H]3C2)cc1. The molecule has 0 spiro atoms. The largest absolute Gasteiger partial charge is 0.508 e. The van der Waals surface area contributed by atoms with Gasteiger partial charge in [-0.1, -0.05) is 18.2 Å². The summed E-state index contributed by atoms with van der Waals surface area (Å²) in [5, 5.41) is 30.8. The van der Waals surface area contributed by atoms with Crippen LogP contribution >= 0.6 is 0 Å². The van der Waals surface area contributed by atoms with E-state index in [9.17, 15) is 15.3 Å². The molecule has 1 aromatic carbocycles. The standard InChI is InChI=1S/C21H26N2O3/c24-19-6-4-15(5-7-19)20(25)14-23-12-16-9-21(26,10-17(16)13-23)11-18-3-1-2-8-22-18/h1-8,16-17,20,24-26H,9-14H2/t16-,17+,20?,21?. The first-order valence-corrected chi connectivity index (χ1v) is 9.32. The van der Waals surface area contributed by atoms with Crippen LogP contribution in [0.3, 0.4) is 0 Å². The van der Waals surface area contributed by atoms with Crippen LogP contribution in [-0.4, -0.2) is 50.4 Å². The summed E-state index contributed by atoms with van der Waals surface area (Å²) in [7, 11) is 0. The Morgan fingerprint density at radius 2 is 1.77 bits per heavy atom. The number of fused-ring (bicyclic) bond motifs is 1. The third kappa shape index (κ3) is 3.75. The molecule has 1 saturated carbocycles. The molecular weight excluding hydrogens is 328 g/mol. The topological polar surface area (TPSA) is 76.8 Å². The molecule has 2 fully saturated rings. The highest BCUT2D eigenvalue weighted by molar-refractivity contribution is 5.27. The van der Waals surface area contributed by atoms with Crippen LogP contribution in [0.4, 0.5) is 0 Å². The van der Waals surface area contributed by atoms with Crippen LogP contribution in [0.25, 0.3) is 0 Å². The van der Waals surface area contributed by atoms with Gasteiger partial charge in [0.25, 0.3) is 0 Å². The summed E-state index contributed by atoms with van der Waals surface area (Å²) in [6.45, 7) is 2.44. The third-order valence-electron chi connectivity index (χ3n) is 5.88. The molecule has 5 nitrogen and oxygen atoms in total. The van der Waals surface area contributed by atoms with Gasteiger partial charge in [-0.2, -0.15) is 0 Å². The van der Waals surface area contributed by atoms with E-state index < -0.39 is 11.7 Å². The maximum Gasteiger partial charge on any atom is 0.115 e. The van der Waals surface area contributed by atoms with E-state index in [2.05, 4.69) is 9.88 Å². The van der Waals surface area contributed by atoms with Crippen molar-refractivity contribution in [2.24, 2.45) is 11.8 Å². The second-order valence-electron chi connectivity index (χ2n) is 7.98. The zero-order valence-electron chi connectivity index (χ0n) is 14.8. The zero-order valence-corrected chi connectivity index (χ0v) is 14.8. The fraction of sp³-hybridized carbons (Fsp3) is 0.476. The molecular formula is C21H26N2O3. The molecule has 0 bridgehead atoms. The average molecular weight is 354 g/mol. The lowest BCUT2D eigenvalue weighted by molar-refractivity contribution is 0.0320. The summed E-state index contributed by atoms with van der Waals surface area (Å²) in [6.07, 6.45) is 3.46. The molecule has 2 aromatic rings. The minimum absolute atomic E-state index is 0.212. The van der Waals surface area contributed by atoms with Crippen LogP contribution in [0.1, 0.15) is 30.2 Å². The quantitative estimate of drug-likeness (QED) is 0.767. The molecule has 1 aliphatic carbocycles. The van der Waals surface area contributed by atoms with Crippen molar-refractivity contribution in [3.8, 4) is 5.75 Å². The minimum Gasteiger partial charge on any atom is -0.508 e. The van der Waals surface area contributed by atoms with Gasteiger partial charge >= 0.3 is 0 Å². The second-order valence-corrected chi connectivity index (χ2v) is 7.98. The molecule has 26 heavy (non-hydrogen) atoms. The van der Waals surface area contributed by atoms with E-state index in [0.29, 0.717) is 24.8 Å². The molecule has 2 unspecified atom stereocenters. The Morgan fingerprint density at radius 3 is 2.38 bits per heavy atom. The van der Waals surface area contributed by atoms with Gasteiger partial charge in [-0.15, -0.1) is 0 Å². The number of benzene rings is 1. The highest BCUT2D eigenvalue weighted by atomic mass is 16.3. The molecule has 0 radical (unpaired) electrons. The average Bonchev–Trinajstić information content (AvgIpc) is 3.10. The number of aliphatic hydroxyl groups excluding tert-OH is 1. The number of β-amino-alcohol motifs (C(OH)–C–C–N with tert-alkyl or cyclic N) is 1. The second kappa shape index (κ2) is 6.99. The molecule has 1 saturated heterocycles. The first-order chi connectivity index (χ1) is 12.5. The molecule has 3 N–H and O–H groups in total. The van der Waals surface area contributed by atoms with Crippen molar-refractivity contribution in [2.75, 3.05) is 19.6 Å². The molecule has 4 rings (SSSR count). The van der Waals surface area contributed by atoms with Gasteiger partial charge in [-0.3, -0.25) is 9.88 Å². The molecule has 5 heteroatoms. The Bertz CT molecular complexity index is 721. The van der Waals surface area contributed by atoms with E-state index in [-0.39, 0.29) is 5.75 Å². The molecule has 0 amide bonds. The number of pyridine rings is 1. The van der Waals surface area contributed by atoms with Crippen molar-refractivity contribution in [1.82, 2.24) is 9.88 Å². The van der Waals surface area contributed by atoms with Gasteiger partial charge in [0, 0.05) is 37.9 Å². The number of hydrogen-bond acceptors (Lipinski definition) is 5. The maximum absolute atomic E-state index is 11.0. The van der Waals surface area contributed by atoms with Gasteiger partial charge in [0.1, 0.15) is 5.75 Å². The molecule has 4 atom stereocenters. The number of aliphatic hydroxyl groups is 2. The number of phenolic OH excluding ortho intramolecular Hbond substituents is 1. The normalized spacial score (nSPS) is 29.6. The van der Waals surface area contributed by atoms with Crippen molar-refractivity contribution >= 4 is 0 Å². The van der Waals surface area contributed by atoms with E-state index in [1.165, 1.54) is 0 Å². The van der Waals surface area contributed by atoms with Crippen LogP contribution in [0.5, 0.6) is 5.75 Å². The summed E-state index contributed by atoms with van der Waals surface area (Å²) in [5.41, 5.74) is 1.13. The van der Waals surface area contributed by atoms with Crippen LogP contribution in [-0.2, 0) is 6.42 Å². The maximum atomic E-state index is 11.0. The van der Waals surface area contributed by atoms with Gasteiger partial charge < -0.3 is 15.3 Å². The number of phenols is 1. The van der Waals surface area contributed by atoms with E-state index in [4.69, 9.17) is 0 Å².